The maximum absolute atomic E-state index is 12.4. The summed E-state index contributed by atoms with van der Waals surface area (Å²) in [6.45, 7) is 7.43. The fraction of sp³-hybridized carbons (Fsp3) is 0.217. The minimum Gasteiger partial charge on any atom is -0.203 e. The Balaban J connectivity index is 0.000000221. The van der Waals surface area contributed by atoms with Crippen LogP contribution in [0, 0.1) is 50.1 Å². The first-order valence-electron chi connectivity index (χ1n) is 8.91. The van der Waals surface area contributed by atoms with Gasteiger partial charge < -0.3 is 0 Å². The number of halogens is 6. The maximum Gasteiger partial charge on any atom is 0.357 e. The van der Waals surface area contributed by atoms with Crippen molar-refractivity contribution < 1.29 is 43.2 Å². The summed E-state index contributed by atoms with van der Waals surface area (Å²) in [7, 11) is 0. The van der Waals surface area contributed by atoms with Gasteiger partial charge in [0.2, 0.25) is 5.82 Å². The van der Waals surface area contributed by atoms with Crippen LogP contribution >= 0.6 is 0 Å². The molecule has 0 saturated heterocycles. The molecule has 0 atom stereocenters. The van der Waals surface area contributed by atoms with Crippen LogP contribution in [-0.2, 0) is 0 Å². The lowest BCUT2D eigenvalue weighted by molar-refractivity contribution is -0.597. The summed E-state index contributed by atoms with van der Waals surface area (Å²) in [6.07, 6.45) is 0. The van der Waals surface area contributed by atoms with Crippen LogP contribution in [0.2, 0.25) is 0 Å². The fourth-order valence-corrected chi connectivity index (χ4v) is 4.51. The maximum atomic E-state index is 12.4. The molecule has 0 saturated carbocycles. The third-order valence-corrected chi connectivity index (χ3v) is 6.88. The summed E-state index contributed by atoms with van der Waals surface area (Å²) in [5.74, 6) is -8.90. The normalized spacial score (nSPS) is 10.7. The number of rotatable bonds is 3. The zero-order chi connectivity index (χ0) is 21.7. The van der Waals surface area contributed by atoms with Crippen LogP contribution in [0.4, 0.5) is 22.0 Å². The summed E-state index contributed by atoms with van der Waals surface area (Å²) < 4.78 is 64.6. The summed E-state index contributed by atoms with van der Waals surface area (Å²) in [6, 6.07) is 18.1. The molecule has 0 aliphatic heterocycles. The molecule has 0 aliphatic carbocycles. The van der Waals surface area contributed by atoms with Gasteiger partial charge in [0.15, 0.2) is 30.4 Å². The average Bonchev–Trinajstić information content (AvgIpc) is 2.72. The predicted molar refractivity (Wildman–Crippen MR) is 100 cm³/mol. The molecule has 3 aromatic rings. The number of hydrogen-bond acceptors (Lipinski definition) is 0. The molecule has 29 heavy (non-hydrogen) atoms. The summed E-state index contributed by atoms with van der Waals surface area (Å²) in [5.41, 5.74) is 1.90. The summed E-state index contributed by atoms with van der Waals surface area (Å²) in [4.78, 5) is 0. The van der Waals surface area contributed by atoms with E-state index < -0.39 is 34.6 Å². The molecule has 0 aromatic heterocycles. The van der Waals surface area contributed by atoms with Crippen molar-refractivity contribution in [3.05, 3.63) is 101 Å². The molecule has 6 heteroatoms. The highest BCUT2D eigenvalue weighted by Gasteiger charge is 2.22. The highest BCUT2D eigenvalue weighted by molar-refractivity contribution is 5.22. The molecular weight excluding hydrogens is 498 g/mol. The lowest BCUT2D eigenvalue weighted by Crippen LogP contribution is -3.61. The Morgan fingerprint density at radius 2 is 0.966 bits per heavy atom. The SMILES string of the molecule is Cc1c(F)c(F)c(F)c(F)c1F.Cc1ccc([I+]c2ccc(C(C)C)cc2)cc1. The zero-order valence-electron chi connectivity index (χ0n) is 16.5. The van der Waals surface area contributed by atoms with Gasteiger partial charge in [0.1, 0.15) is 0 Å². The second-order valence-corrected chi connectivity index (χ2v) is 9.82. The molecule has 0 heterocycles. The van der Waals surface area contributed by atoms with E-state index in [1.54, 1.807) is 0 Å². The average molecular weight is 519 g/mol. The smallest absolute Gasteiger partial charge is 0.203 e. The Hall–Kier alpha value is -1.96. The molecule has 0 bridgehead atoms. The van der Waals surface area contributed by atoms with E-state index in [2.05, 4.69) is 69.3 Å². The molecule has 154 valence electrons. The van der Waals surface area contributed by atoms with Gasteiger partial charge in [-0.25, -0.2) is 22.0 Å². The van der Waals surface area contributed by atoms with Crippen molar-refractivity contribution in [3.63, 3.8) is 0 Å². The van der Waals surface area contributed by atoms with E-state index in [0.717, 1.165) is 6.92 Å². The Morgan fingerprint density at radius 3 is 1.38 bits per heavy atom. The molecular formula is C23H21F5I+. The van der Waals surface area contributed by atoms with Gasteiger partial charge in [-0.05, 0) is 49.6 Å². The van der Waals surface area contributed by atoms with Gasteiger partial charge in [-0.1, -0.05) is 43.7 Å². The quantitative estimate of drug-likeness (QED) is 0.213. The Bertz CT molecular complexity index is 859. The van der Waals surface area contributed by atoms with E-state index in [0.29, 0.717) is 5.92 Å². The van der Waals surface area contributed by atoms with Gasteiger partial charge >= 0.3 is 21.2 Å². The molecule has 0 aliphatic rings. The van der Waals surface area contributed by atoms with E-state index in [9.17, 15) is 22.0 Å². The van der Waals surface area contributed by atoms with E-state index in [1.165, 1.54) is 18.3 Å². The minimum absolute atomic E-state index is 0.0167. The van der Waals surface area contributed by atoms with Gasteiger partial charge in [-0.15, -0.1) is 0 Å². The van der Waals surface area contributed by atoms with E-state index in [4.69, 9.17) is 0 Å². The van der Waals surface area contributed by atoms with Crippen molar-refractivity contribution in [1.82, 2.24) is 0 Å². The number of aryl methyl sites for hydroxylation is 1. The topological polar surface area (TPSA) is 0 Å². The fourth-order valence-electron chi connectivity index (χ4n) is 2.35. The highest BCUT2D eigenvalue weighted by Crippen LogP contribution is 2.21. The van der Waals surface area contributed by atoms with Crippen LogP contribution in [0.1, 0.15) is 36.5 Å². The van der Waals surface area contributed by atoms with Crippen molar-refractivity contribution in [2.24, 2.45) is 0 Å². The van der Waals surface area contributed by atoms with Crippen molar-refractivity contribution >= 4 is 0 Å². The predicted octanol–water partition coefficient (Wildman–Crippen LogP) is 3.94. The largest absolute Gasteiger partial charge is 0.357 e. The Labute approximate surface area is 178 Å². The first-order chi connectivity index (χ1) is 13.6. The Kier molecular flexibility index (Phi) is 8.19. The van der Waals surface area contributed by atoms with E-state index in [-0.39, 0.29) is 21.2 Å². The van der Waals surface area contributed by atoms with Crippen LogP contribution in [0.15, 0.2) is 48.5 Å². The monoisotopic (exact) mass is 519 g/mol. The molecule has 3 aromatic carbocycles. The molecule has 0 nitrogen and oxygen atoms in total. The second kappa shape index (κ2) is 10.2. The standard InChI is InChI=1S/C16H18I.C7H3F5/c1-12(2)14-6-10-16(11-7-14)17-15-8-4-13(3)5-9-15;1-2-3(8)5(10)7(12)6(11)4(2)9/h4-12H,1-3H3;1H3/q+1;. The van der Waals surface area contributed by atoms with Gasteiger partial charge in [-0.3, -0.25) is 0 Å². The van der Waals surface area contributed by atoms with Crippen molar-refractivity contribution in [2.45, 2.75) is 33.6 Å². The van der Waals surface area contributed by atoms with Gasteiger partial charge in [0, 0.05) is 5.56 Å². The zero-order valence-corrected chi connectivity index (χ0v) is 18.6. The third-order valence-electron chi connectivity index (χ3n) is 4.20. The first kappa shape index (κ1) is 23.3. The van der Waals surface area contributed by atoms with E-state index >= 15 is 0 Å². The molecule has 0 spiro atoms. The lowest BCUT2D eigenvalue weighted by Gasteiger charge is -2.02. The number of benzene rings is 3. The Morgan fingerprint density at radius 1 is 0.586 bits per heavy atom. The van der Waals surface area contributed by atoms with Crippen LogP contribution in [0.5, 0.6) is 0 Å². The highest BCUT2D eigenvalue weighted by atomic mass is 127. The van der Waals surface area contributed by atoms with Gasteiger partial charge in [-0.2, -0.15) is 0 Å². The molecule has 0 amide bonds. The summed E-state index contributed by atoms with van der Waals surface area (Å²) in [5, 5.41) is 0. The van der Waals surface area contributed by atoms with E-state index in [1.807, 2.05) is 0 Å². The molecule has 3 rings (SSSR count). The first-order valence-corrected chi connectivity index (χ1v) is 11.1. The third kappa shape index (κ3) is 6.01. The summed E-state index contributed by atoms with van der Waals surface area (Å²) >= 11 is -0.0167. The van der Waals surface area contributed by atoms with Crippen LogP contribution < -0.4 is 21.2 Å². The lowest BCUT2D eigenvalue weighted by atomic mass is 10.0. The van der Waals surface area contributed by atoms with Crippen LogP contribution in [-0.4, -0.2) is 0 Å². The minimum atomic E-state index is -2.13. The number of hydrogen-bond donors (Lipinski definition) is 0. The molecule has 0 radical (unpaired) electrons. The molecule has 0 unspecified atom stereocenters. The second-order valence-electron chi connectivity index (χ2n) is 6.79. The van der Waals surface area contributed by atoms with Gasteiger partial charge in [0.05, 0.1) is 0 Å². The van der Waals surface area contributed by atoms with Crippen LogP contribution in [0.3, 0.4) is 0 Å². The van der Waals surface area contributed by atoms with Crippen molar-refractivity contribution in [2.75, 3.05) is 0 Å². The molecule has 0 fully saturated rings. The van der Waals surface area contributed by atoms with Crippen molar-refractivity contribution in [1.29, 1.82) is 0 Å². The molecule has 0 N–H and O–H groups in total. The van der Waals surface area contributed by atoms with Crippen molar-refractivity contribution in [3.8, 4) is 0 Å². The van der Waals surface area contributed by atoms with Crippen LogP contribution in [0.25, 0.3) is 0 Å². The van der Waals surface area contributed by atoms with Gasteiger partial charge in [0.25, 0.3) is 0 Å².